The Kier molecular flexibility index (Phi) is 6.62. The third-order valence-corrected chi connectivity index (χ3v) is 4.28. The maximum atomic E-state index is 12.4. The summed E-state index contributed by atoms with van der Waals surface area (Å²) >= 11 is 0. The largest absolute Gasteiger partial charge is 0.488 e. The van der Waals surface area contributed by atoms with E-state index in [2.05, 4.69) is 10.3 Å². The molecule has 0 radical (unpaired) electrons. The van der Waals surface area contributed by atoms with E-state index in [4.69, 9.17) is 9.47 Å². The predicted molar refractivity (Wildman–Crippen MR) is 99.1 cm³/mol. The van der Waals surface area contributed by atoms with Crippen LogP contribution < -0.4 is 10.1 Å². The van der Waals surface area contributed by atoms with Gasteiger partial charge in [-0.3, -0.25) is 9.78 Å². The van der Waals surface area contributed by atoms with Gasteiger partial charge in [-0.1, -0.05) is 30.3 Å². The lowest BCUT2D eigenvalue weighted by Crippen LogP contribution is -2.48. The van der Waals surface area contributed by atoms with Gasteiger partial charge in [0.15, 0.2) is 0 Å². The van der Waals surface area contributed by atoms with Crippen LogP contribution in [0.25, 0.3) is 0 Å². The number of benzene rings is 1. The lowest BCUT2D eigenvalue weighted by Gasteiger charge is -2.33. The van der Waals surface area contributed by atoms with Crippen molar-refractivity contribution in [1.82, 2.24) is 15.2 Å². The van der Waals surface area contributed by atoms with Crippen molar-refractivity contribution in [3.63, 3.8) is 0 Å². The molecule has 142 valence electrons. The molecule has 2 amide bonds. The highest BCUT2D eigenvalue weighted by atomic mass is 16.5. The van der Waals surface area contributed by atoms with Crippen molar-refractivity contribution >= 4 is 12.0 Å². The van der Waals surface area contributed by atoms with Crippen LogP contribution in [0.2, 0.25) is 0 Å². The summed E-state index contributed by atoms with van der Waals surface area (Å²) in [4.78, 5) is 29.8. The van der Waals surface area contributed by atoms with Gasteiger partial charge in [0.2, 0.25) is 5.91 Å². The van der Waals surface area contributed by atoms with E-state index in [9.17, 15) is 9.59 Å². The van der Waals surface area contributed by atoms with Gasteiger partial charge in [-0.2, -0.15) is 0 Å². The molecule has 7 nitrogen and oxygen atoms in total. The first-order valence-electron chi connectivity index (χ1n) is 9.00. The molecular formula is C20H23N3O4. The number of carbonyl (C=O) groups excluding carboxylic acids is 2. The number of rotatable bonds is 6. The summed E-state index contributed by atoms with van der Waals surface area (Å²) in [5.74, 6) is 0.599. The van der Waals surface area contributed by atoms with E-state index in [-0.39, 0.29) is 25.2 Å². The Hall–Kier alpha value is -3.09. The molecule has 1 aromatic carbocycles. The molecule has 2 heterocycles. The minimum Gasteiger partial charge on any atom is -0.488 e. The molecule has 0 bridgehead atoms. The first-order chi connectivity index (χ1) is 13.2. The highest BCUT2D eigenvalue weighted by Gasteiger charge is 2.25. The molecule has 3 rings (SSSR count). The summed E-state index contributed by atoms with van der Waals surface area (Å²) < 4.78 is 11.0. The van der Waals surface area contributed by atoms with Crippen molar-refractivity contribution in [2.75, 3.05) is 19.6 Å². The van der Waals surface area contributed by atoms with E-state index in [1.165, 1.54) is 0 Å². The normalized spacial score (nSPS) is 16.4. The zero-order valence-electron chi connectivity index (χ0n) is 15.0. The van der Waals surface area contributed by atoms with Crippen LogP contribution >= 0.6 is 0 Å². The van der Waals surface area contributed by atoms with Crippen molar-refractivity contribution in [2.24, 2.45) is 0 Å². The Labute approximate surface area is 158 Å². The van der Waals surface area contributed by atoms with E-state index in [1.807, 2.05) is 30.3 Å². The molecule has 1 aliphatic heterocycles. The van der Waals surface area contributed by atoms with Gasteiger partial charge in [0.05, 0.1) is 6.54 Å². The number of ether oxygens (including phenoxy) is 2. The number of hydrogen-bond donors (Lipinski definition) is 1. The van der Waals surface area contributed by atoms with Crippen molar-refractivity contribution < 1.29 is 19.1 Å². The fraction of sp³-hybridized carbons (Fsp3) is 0.350. The van der Waals surface area contributed by atoms with Gasteiger partial charge in [-0.15, -0.1) is 0 Å². The van der Waals surface area contributed by atoms with Crippen molar-refractivity contribution in [1.29, 1.82) is 0 Å². The van der Waals surface area contributed by atoms with E-state index in [0.717, 1.165) is 24.2 Å². The summed E-state index contributed by atoms with van der Waals surface area (Å²) in [6.45, 7) is 1.25. The van der Waals surface area contributed by atoms with E-state index >= 15 is 0 Å². The van der Waals surface area contributed by atoms with Crippen LogP contribution in [-0.2, 0) is 16.1 Å². The average molecular weight is 369 g/mol. The second kappa shape index (κ2) is 9.56. The molecule has 1 atom stereocenters. The molecule has 0 saturated carbocycles. The van der Waals surface area contributed by atoms with E-state index < -0.39 is 6.09 Å². The van der Waals surface area contributed by atoms with Crippen LogP contribution in [-0.4, -0.2) is 47.6 Å². The topological polar surface area (TPSA) is 80.8 Å². The highest BCUT2D eigenvalue weighted by Crippen LogP contribution is 2.17. The van der Waals surface area contributed by atoms with Crippen LogP contribution in [0.1, 0.15) is 18.4 Å². The van der Waals surface area contributed by atoms with Gasteiger partial charge in [-0.05, 0) is 30.5 Å². The van der Waals surface area contributed by atoms with E-state index in [0.29, 0.717) is 13.1 Å². The molecule has 0 spiro atoms. The lowest BCUT2D eigenvalue weighted by molar-refractivity contribution is -0.132. The molecule has 1 saturated heterocycles. The first kappa shape index (κ1) is 18.7. The van der Waals surface area contributed by atoms with Gasteiger partial charge in [0.1, 0.15) is 25.0 Å². The molecule has 27 heavy (non-hydrogen) atoms. The number of amides is 2. The number of nitrogens with zero attached hydrogens (tertiary/aromatic N) is 2. The number of nitrogens with one attached hydrogen (secondary N) is 1. The molecule has 0 unspecified atom stereocenters. The zero-order chi connectivity index (χ0) is 18.9. The summed E-state index contributed by atoms with van der Waals surface area (Å²) in [6, 6.07) is 13.0. The Morgan fingerprint density at radius 1 is 1.15 bits per heavy atom. The number of alkyl carbamates (subject to hydrolysis) is 1. The second-order valence-corrected chi connectivity index (χ2v) is 6.32. The van der Waals surface area contributed by atoms with E-state index in [1.54, 1.807) is 29.4 Å². The summed E-state index contributed by atoms with van der Waals surface area (Å²) in [6.07, 6.45) is 4.43. The molecule has 2 aromatic rings. The maximum Gasteiger partial charge on any atom is 0.407 e. The standard InChI is InChI=1S/C20H23N3O4/c24-19(13-22-20(25)26-15-16-5-2-1-3-6-16)23-12-4-7-18(14-23)27-17-8-10-21-11-9-17/h1-3,5-6,8-11,18H,4,7,12-15H2,(H,22,25)/t18-/m1/s1. The highest BCUT2D eigenvalue weighted by molar-refractivity contribution is 5.82. The summed E-state index contributed by atoms with van der Waals surface area (Å²) in [5.41, 5.74) is 0.895. The fourth-order valence-corrected chi connectivity index (χ4v) is 2.90. The molecular weight excluding hydrogens is 346 g/mol. The summed E-state index contributed by atoms with van der Waals surface area (Å²) in [5, 5.41) is 2.51. The Morgan fingerprint density at radius 3 is 2.70 bits per heavy atom. The Morgan fingerprint density at radius 2 is 1.93 bits per heavy atom. The minimum absolute atomic E-state index is 0.0601. The first-order valence-corrected chi connectivity index (χ1v) is 9.00. The van der Waals surface area contributed by atoms with Gasteiger partial charge >= 0.3 is 6.09 Å². The van der Waals surface area contributed by atoms with Gasteiger partial charge in [0.25, 0.3) is 0 Å². The van der Waals surface area contributed by atoms with Crippen LogP contribution in [0.4, 0.5) is 4.79 Å². The molecule has 0 aliphatic carbocycles. The number of hydrogen-bond acceptors (Lipinski definition) is 5. The zero-order valence-corrected chi connectivity index (χ0v) is 15.0. The van der Waals surface area contributed by atoms with Crippen molar-refractivity contribution in [2.45, 2.75) is 25.6 Å². The average Bonchev–Trinajstić information content (AvgIpc) is 2.72. The molecule has 7 heteroatoms. The minimum atomic E-state index is -0.603. The summed E-state index contributed by atoms with van der Waals surface area (Å²) in [7, 11) is 0. The van der Waals surface area contributed by atoms with Crippen LogP contribution in [0.3, 0.4) is 0 Å². The Balaban J connectivity index is 1.40. The smallest absolute Gasteiger partial charge is 0.407 e. The predicted octanol–water partition coefficient (Wildman–Crippen LogP) is 2.38. The van der Waals surface area contributed by atoms with Gasteiger partial charge < -0.3 is 19.7 Å². The SMILES string of the molecule is O=C(NCC(=O)N1CCC[C@@H](Oc2ccncc2)C1)OCc1ccccc1. The lowest BCUT2D eigenvalue weighted by atomic mass is 10.1. The van der Waals surface area contributed by atoms with Crippen molar-refractivity contribution in [3.05, 3.63) is 60.4 Å². The number of carbonyl (C=O) groups is 2. The van der Waals surface area contributed by atoms with Crippen LogP contribution in [0, 0.1) is 0 Å². The monoisotopic (exact) mass is 369 g/mol. The fourth-order valence-electron chi connectivity index (χ4n) is 2.90. The third kappa shape index (κ3) is 5.99. The Bertz CT molecular complexity index is 739. The molecule has 1 aliphatic rings. The molecule has 1 N–H and O–H groups in total. The number of aromatic nitrogens is 1. The van der Waals surface area contributed by atoms with Crippen LogP contribution in [0.15, 0.2) is 54.9 Å². The molecule has 1 fully saturated rings. The second-order valence-electron chi connectivity index (χ2n) is 6.32. The van der Waals surface area contributed by atoms with Crippen molar-refractivity contribution in [3.8, 4) is 5.75 Å². The van der Waals surface area contributed by atoms with Gasteiger partial charge in [0, 0.05) is 18.9 Å². The molecule has 1 aromatic heterocycles. The number of pyridine rings is 1. The third-order valence-electron chi connectivity index (χ3n) is 4.28. The number of piperidine rings is 1. The maximum absolute atomic E-state index is 12.4. The van der Waals surface area contributed by atoms with Crippen LogP contribution in [0.5, 0.6) is 5.75 Å². The van der Waals surface area contributed by atoms with Gasteiger partial charge in [-0.25, -0.2) is 4.79 Å². The number of likely N-dealkylation sites (tertiary alicyclic amines) is 1. The quantitative estimate of drug-likeness (QED) is 0.846.